The molecule has 5 heteroatoms. The molecular weight excluding hydrogens is 366 g/mol. The van der Waals surface area contributed by atoms with E-state index in [9.17, 15) is 4.79 Å². The second-order valence-corrected chi connectivity index (χ2v) is 7.89. The van der Waals surface area contributed by atoms with Gasteiger partial charge in [-0.2, -0.15) is 0 Å². The lowest BCUT2D eigenvalue weighted by atomic mass is 10.0. The van der Waals surface area contributed by atoms with Crippen LogP contribution in [0.3, 0.4) is 0 Å². The van der Waals surface area contributed by atoms with Crippen LogP contribution in [0.4, 0.5) is 0 Å². The summed E-state index contributed by atoms with van der Waals surface area (Å²) in [7, 11) is 0. The summed E-state index contributed by atoms with van der Waals surface area (Å²) >= 11 is 0. The number of ether oxygens (including phenoxy) is 3. The van der Waals surface area contributed by atoms with Crippen molar-refractivity contribution in [2.24, 2.45) is 0 Å². The zero-order valence-electron chi connectivity index (χ0n) is 18.0. The molecule has 3 rings (SSSR count). The molecule has 29 heavy (non-hydrogen) atoms. The molecule has 5 nitrogen and oxygen atoms in total. The van der Waals surface area contributed by atoms with E-state index in [1.165, 1.54) is 0 Å². The summed E-state index contributed by atoms with van der Waals surface area (Å²) in [6.07, 6.45) is 1.05. The molecule has 0 unspecified atom stereocenters. The molecule has 0 aromatic heterocycles. The number of carbonyl (C=O) groups is 1. The van der Waals surface area contributed by atoms with E-state index < -0.39 is 0 Å². The number of amides is 1. The van der Waals surface area contributed by atoms with Gasteiger partial charge in [-0.3, -0.25) is 4.79 Å². The average Bonchev–Trinajstić information content (AvgIpc) is 3.03. The van der Waals surface area contributed by atoms with Crippen molar-refractivity contribution < 1.29 is 19.0 Å². The zero-order chi connectivity index (χ0) is 21.0. The molecular formula is C24H31NO4. The summed E-state index contributed by atoms with van der Waals surface area (Å²) in [6, 6.07) is 10.1. The molecule has 156 valence electrons. The van der Waals surface area contributed by atoms with Crippen LogP contribution in [-0.4, -0.2) is 25.2 Å². The maximum atomic E-state index is 12.4. The van der Waals surface area contributed by atoms with E-state index in [0.29, 0.717) is 19.1 Å². The van der Waals surface area contributed by atoms with Gasteiger partial charge in [-0.25, -0.2) is 0 Å². The second-order valence-electron chi connectivity index (χ2n) is 7.89. The topological polar surface area (TPSA) is 56.8 Å². The minimum atomic E-state index is -0.168. The molecule has 1 aliphatic heterocycles. The van der Waals surface area contributed by atoms with Crippen molar-refractivity contribution >= 4 is 5.91 Å². The Bertz CT molecular complexity index is 875. The number of rotatable bonds is 8. The highest BCUT2D eigenvalue weighted by Crippen LogP contribution is 2.35. The Morgan fingerprint density at radius 1 is 1.21 bits per heavy atom. The summed E-state index contributed by atoms with van der Waals surface area (Å²) in [5.41, 5.74) is 4.27. The monoisotopic (exact) mass is 397 g/mol. The van der Waals surface area contributed by atoms with Gasteiger partial charge in [0.05, 0.1) is 6.61 Å². The fourth-order valence-electron chi connectivity index (χ4n) is 3.54. The third-order valence-electron chi connectivity index (χ3n) is 5.00. The van der Waals surface area contributed by atoms with Gasteiger partial charge in [0.1, 0.15) is 23.4 Å². The van der Waals surface area contributed by atoms with Gasteiger partial charge in [0.15, 0.2) is 6.61 Å². The van der Waals surface area contributed by atoms with E-state index in [2.05, 4.69) is 38.2 Å². The first kappa shape index (κ1) is 21.0. The standard InChI is InChI=1S/C24H31NO4/c1-6-27-21-11-18-10-17(5)29-22(18)12-19(21)13-25-24(26)14-28-23-9-16(4)7-8-20(23)15(2)3/h7-9,11-12,15,17H,6,10,13-14H2,1-5H3,(H,25,26)/t17-/m1/s1. The molecule has 0 spiro atoms. The first-order valence-electron chi connectivity index (χ1n) is 10.3. The zero-order valence-corrected chi connectivity index (χ0v) is 18.0. The van der Waals surface area contributed by atoms with Crippen LogP contribution >= 0.6 is 0 Å². The predicted octanol–water partition coefficient (Wildman–Crippen LogP) is 4.54. The van der Waals surface area contributed by atoms with Crippen molar-refractivity contribution in [2.45, 2.75) is 59.6 Å². The third-order valence-corrected chi connectivity index (χ3v) is 5.00. The van der Waals surface area contributed by atoms with Gasteiger partial charge in [-0.1, -0.05) is 26.0 Å². The van der Waals surface area contributed by atoms with Crippen LogP contribution in [0.2, 0.25) is 0 Å². The minimum Gasteiger partial charge on any atom is -0.494 e. The van der Waals surface area contributed by atoms with Crippen LogP contribution in [0.5, 0.6) is 17.2 Å². The molecule has 1 amide bonds. The summed E-state index contributed by atoms with van der Waals surface area (Å²) in [5, 5.41) is 2.93. The minimum absolute atomic E-state index is 0.0222. The molecule has 1 heterocycles. The SMILES string of the molecule is CCOc1cc2c(cc1CNC(=O)COc1cc(C)ccc1C(C)C)O[C@H](C)C2. The first-order valence-corrected chi connectivity index (χ1v) is 10.3. The Labute approximate surface area is 173 Å². The van der Waals surface area contributed by atoms with Crippen molar-refractivity contribution in [2.75, 3.05) is 13.2 Å². The van der Waals surface area contributed by atoms with Gasteiger partial charge in [-0.05, 0) is 56.0 Å². The number of fused-ring (bicyclic) bond motifs is 1. The fraction of sp³-hybridized carbons (Fsp3) is 0.458. The number of carbonyl (C=O) groups excluding carboxylic acids is 1. The Morgan fingerprint density at radius 3 is 2.72 bits per heavy atom. The number of nitrogens with one attached hydrogen (secondary N) is 1. The molecule has 0 bridgehead atoms. The van der Waals surface area contributed by atoms with Gasteiger partial charge in [-0.15, -0.1) is 0 Å². The van der Waals surface area contributed by atoms with E-state index in [1.54, 1.807) is 0 Å². The van der Waals surface area contributed by atoms with Crippen LogP contribution in [-0.2, 0) is 17.8 Å². The van der Waals surface area contributed by atoms with Crippen molar-refractivity contribution in [3.05, 3.63) is 52.6 Å². The van der Waals surface area contributed by atoms with Gasteiger partial charge < -0.3 is 19.5 Å². The van der Waals surface area contributed by atoms with Crippen molar-refractivity contribution in [3.63, 3.8) is 0 Å². The van der Waals surface area contributed by atoms with E-state index in [0.717, 1.165) is 45.9 Å². The van der Waals surface area contributed by atoms with Crippen molar-refractivity contribution in [1.82, 2.24) is 5.32 Å². The van der Waals surface area contributed by atoms with Crippen LogP contribution in [0.25, 0.3) is 0 Å². The number of aryl methyl sites for hydroxylation is 1. The highest BCUT2D eigenvalue weighted by atomic mass is 16.5. The van der Waals surface area contributed by atoms with Gasteiger partial charge in [0.2, 0.25) is 0 Å². The number of benzene rings is 2. The largest absolute Gasteiger partial charge is 0.494 e. The van der Waals surface area contributed by atoms with Crippen LogP contribution in [0, 0.1) is 6.92 Å². The Morgan fingerprint density at radius 2 is 2.00 bits per heavy atom. The maximum absolute atomic E-state index is 12.4. The highest BCUT2D eigenvalue weighted by Gasteiger charge is 2.22. The van der Waals surface area contributed by atoms with E-state index in [4.69, 9.17) is 14.2 Å². The maximum Gasteiger partial charge on any atom is 0.258 e. The first-order chi connectivity index (χ1) is 13.9. The van der Waals surface area contributed by atoms with Crippen LogP contribution in [0.1, 0.15) is 55.9 Å². The van der Waals surface area contributed by atoms with Crippen molar-refractivity contribution in [1.29, 1.82) is 0 Å². The molecule has 0 saturated carbocycles. The number of hydrogen-bond donors (Lipinski definition) is 1. The molecule has 1 aliphatic rings. The molecule has 0 radical (unpaired) electrons. The Hall–Kier alpha value is -2.69. The van der Waals surface area contributed by atoms with Gasteiger partial charge >= 0.3 is 0 Å². The number of hydrogen-bond acceptors (Lipinski definition) is 4. The molecule has 0 saturated heterocycles. The lowest BCUT2D eigenvalue weighted by Crippen LogP contribution is -2.28. The summed E-state index contributed by atoms with van der Waals surface area (Å²) in [5.74, 6) is 2.61. The second kappa shape index (κ2) is 9.21. The molecule has 2 aromatic carbocycles. The normalized spacial score (nSPS) is 15.0. The molecule has 0 aliphatic carbocycles. The van der Waals surface area contributed by atoms with E-state index in [-0.39, 0.29) is 18.6 Å². The van der Waals surface area contributed by atoms with Gasteiger partial charge in [0, 0.05) is 24.1 Å². The quantitative estimate of drug-likeness (QED) is 0.711. The smallest absolute Gasteiger partial charge is 0.258 e. The summed E-state index contributed by atoms with van der Waals surface area (Å²) < 4.78 is 17.5. The Kier molecular flexibility index (Phi) is 6.68. The third kappa shape index (κ3) is 5.22. The lowest BCUT2D eigenvalue weighted by Gasteiger charge is -2.16. The van der Waals surface area contributed by atoms with E-state index >= 15 is 0 Å². The van der Waals surface area contributed by atoms with Crippen LogP contribution in [0.15, 0.2) is 30.3 Å². The van der Waals surface area contributed by atoms with Crippen molar-refractivity contribution in [3.8, 4) is 17.2 Å². The summed E-state index contributed by atoms with van der Waals surface area (Å²) in [4.78, 5) is 12.4. The molecule has 2 aromatic rings. The summed E-state index contributed by atoms with van der Waals surface area (Å²) in [6.45, 7) is 11.2. The molecule has 0 fully saturated rings. The predicted molar refractivity (Wildman–Crippen MR) is 114 cm³/mol. The van der Waals surface area contributed by atoms with Gasteiger partial charge in [0.25, 0.3) is 5.91 Å². The highest BCUT2D eigenvalue weighted by molar-refractivity contribution is 5.77. The molecule has 1 N–H and O–H groups in total. The molecule has 1 atom stereocenters. The lowest BCUT2D eigenvalue weighted by molar-refractivity contribution is -0.123. The average molecular weight is 398 g/mol. The van der Waals surface area contributed by atoms with E-state index in [1.807, 2.05) is 32.0 Å². The Balaban J connectivity index is 1.63. The fourth-order valence-corrected chi connectivity index (χ4v) is 3.54. The van der Waals surface area contributed by atoms with Crippen LogP contribution < -0.4 is 19.5 Å².